The summed E-state index contributed by atoms with van der Waals surface area (Å²) < 4.78 is 89.7. The maximum atomic E-state index is 13.7. The zero-order chi connectivity index (χ0) is 26.1. The van der Waals surface area contributed by atoms with E-state index in [-0.39, 0.29) is 23.7 Å². The van der Waals surface area contributed by atoms with Gasteiger partial charge in [-0.2, -0.15) is 26.3 Å². The van der Waals surface area contributed by atoms with Gasteiger partial charge in [0.25, 0.3) is 0 Å². The van der Waals surface area contributed by atoms with E-state index in [2.05, 4.69) is 20.3 Å². The number of fused-ring (bicyclic) bond motifs is 1. The molecule has 0 fully saturated rings. The molecule has 0 aliphatic carbocycles. The number of methoxy groups -OCH3 is 2. The van der Waals surface area contributed by atoms with Gasteiger partial charge in [0.2, 0.25) is 0 Å². The minimum absolute atomic E-state index is 0.0598. The zero-order valence-electron chi connectivity index (χ0n) is 18.8. The van der Waals surface area contributed by atoms with Crippen molar-refractivity contribution in [3.8, 4) is 17.1 Å². The molecule has 36 heavy (non-hydrogen) atoms. The van der Waals surface area contributed by atoms with E-state index < -0.39 is 29.2 Å². The predicted molar refractivity (Wildman–Crippen MR) is 120 cm³/mol. The Morgan fingerprint density at radius 1 is 0.861 bits per heavy atom. The second-order valence-electron chi connectivity index (χ2n) is 7.63. The van der Waals surface area contributed by atoms with Crippen LogP contribution in [0.5, 0.6) is 5.75 Å². The Balaban J connectivity index is 1.80. The van der Waals surface area contributed by atoms with Crippen LogP contribution in [0.2, 0.25) is 0 Å². The third-order valence-electron chi connectivity index (χ3n) is 5.16. The summed E-state index contributed by atoms with van der Waals surface area (Å²) in [5, 5.41) is 3.45. The van der Waals surface area contributed by atoms with E-state index in [9.17, 15) is 26.3 Å². The van der Waals surface area contributed by atoms with E-state index in [0.717, 1.165) is 24.4 Å². The van der Waals surface area contributed by atoms with Gasteiger partial charge in [-0.25, -0.2) is 9.97 Å². The summed E-state index contributed by atoms with van der Waals surface area (Å²) in [7, 11) is 2.67. The molecule has 0 unspecified atom stereocenters. The standard InChI is InChI=1S/C24H18F6N4O2/c1-35-12-15-9-20(32-14-5-3-13(4-6-14)23(25,26)27)17-7-8-19(34-22(17)33-15)21-18(24(28,29)30)10-16(36-2)11-31-21/h3-11H,12H2,1-2H3,(H,32,33,34). The van der Waals surface area contributed by atoms with Crippen molar-refractivity contribution in [1.82, 2.24) is 15.0 Å². The first-order chi connectivity index (χ1) is 17.0. The Labute approximate surface area is 200 Å². The summed E-state index contributed by atoms with van der Waals surface area (Å²) >= 11 is 0. The smallest absolute Gasteiger partial charge is 0.418 e. The van der Waals surface area contributed by atoms with E-state index in [1.165, 1.54) is 38.5 Å². The summed E-state index contributed by atoms with van der Waals surface area (Å²) in [5.74, 6) is -0.0598. The largest absolute Gasteiger partial charge is 0.495 e. The SMILES string of the molecule is COCc1cc(Nc2ccc(C(F)(F)F)cc2)c2ccc(-c3ncc(OC)cc3C(F)(F)F)nc2n1. The Morgan fingerprint density at radius 3 is 2.19 bits per heavy atom. The van der Waals surface area contributed by atoms with Crippen molar-refractivity contribution in [2.75, 3.05) is 19.5 Å². The Hall–Kier alpha value is -3.93. The highest BCUT2D eigenvalue weighted by Crippen LogP contribution is 2.38. The number of anilines is 2. The summed E-state index contributed by atoms with van der Waals surface area (Å²) in [6.07, 6.45) is -8.03. The molecule has 188 valence electrons. The zero-order valence-corrected chi connectivity index (χ0v) is 18.8. The maximum Gasteiger partial charge on any atom is 0.418 e. The Bertz CT molecular complexity index is 1390. The number of ether oxygens (including phenoxy) is 2. The van der Waals surface area contributed by atoms with Gasteiger partial charge in [0.05, 0.1) is 48.1 Å². The fraction of sp³-hybridized carbons (Fsp3) is 0.208. The van der Waals surface area contributed by atoms with E-state index in [1.807, 2.05) is 0 Å². The van der Waals surface area contributed by atoms with E-state index in [0.29, 0.717) is 22.5 Å². The van der Waals surface area contributed by atoms with Gasteiger partial charge in [0.15, 0.2) is 5.65 Å². The van der Waals surface area contributed by atoms with Crippen LogP contribution in [0, 0.1) is 0 Å². The van der Waals surface area contributed by atoms with Crippen molar-refractivity contribution in [2.24, 2.45) is 0 Å². The van der Waals surface area contributed by atoms with Crippen molar-refractivity contribution in [3.63, 3.8) is 0 Å². The minimum Gasteiger partial charge on any atom is -0.495 e. The summed E-state index contributed by atoms with van der Waals surface area (Å²) in [6.45, 7) is 0.0676. The molecule has 0 bridgehead atoms. The van der Waals surface area contributed by atoms with Gasteiger partial charge >= 0.3 is 12.4 Å². The molecular formula is C24H18F6N4O2. The highest BCUT2D eigenvalue weighted by Gasteiger charge is 2.36. The maximum absolute atomic E-state index is 13.7. The molecule has 0 aliphatic rings. The lowest BCUT2D eigenvalue weighted by molar-refractivity contribution is -0.138. The number of nitrogens with one attached hydrogen (secondary N) is 1. The molecule has 1 N–H and O–H groups in total. The molecular weight excluding hydrogens is 490 g/mol. The van der Waals surface area contributed by atoms with Gasteiger partial charge in [0, 0.05) is 18.2 Å². The van der Waals surface area contributed by atoms with Gasteiger partial charge in [-0.05, 0) is 48.5 Å². The molecule has 12 heteroatoms. The van der Waals surface area contributed by atoms with Crippen LogP contribution in [-0.4, -0.2) is 29.2 Å². The van der Waals surface area contributed by atoms with Crippen molar-refractivity contribution >= 4 is 22.4 Å². The molecule has 0 spiro atoms. The number of hydrogen-bond acceptors (Lipinski definition) is 6. The number of rotatable bonds is 6. The average molecular weight is 508 g/mol. The van der Waals surface area contributed by atoms with Gasteiger partial charge in [0.1, 0.15) is 11.4 Å². The van der Waals surface area contributed by atoms with Crippen LogP contribution >= 0.6 is 0 Å². The number of aromatic nitrogens is 3. The number of pyridine rings is 3. The second-order valence-corrected chi connectivity index (χ2v) is 7.63. The molecule has 0 saturated carbocycles. The van der Waals surface area contributed by atoms with E-state index in [4.69, 9.17) is 9.47 Å². The lowest BCUT2D eigenvalue weighted by Gasteiger charge is -2.15. The van der Waals surface area contributed by atoms with Crippen LogP contribution in [0.3, 0.4) is 0 Å². The molecule has 4 rings (SSSR count). The highest BCUT2D eigenvalue weighted by molar-refractivity contribution is 5.92. The number of hydrogen-bond donors (Lipinski definition) is 1. The van der Waals surface area contributed by atoms with Crippen LogP contribution < -0.4 is 10.1 Å². The topological polar surface area (TPSA) is 69.2 Å². The van der Waals surface area contributed by atoms with Crippen LogP contribution in [0.25, 0.3) is 22.4 Å². The minimum atomic E-state index is -4.71. The first-order valence-corrected chi connectivity index (χ1v) is 10.3. The first-order valence-electron chi connectivity index (χ1n) is 10.3. The predicted octanol–water partition coefficient (Wildman–Crippen LogP) is 6.63. The normalized spacial score (nSPS) is 12.1. The number of nitrogens with zero attached hydrogens (tertiary/aromatic N) is 3. The molecule has 3 aromatic heterocycles. The summed E-state index contributed by atoms with van der Waals surface area (Å²) in [4.78, 5) is 12.6. The first kappa shape index (κ1) is 25.2. The van der Waals surface area contributed by atoms with Crippen LogP contribution in [-0.2, 0) is 23.7 Å². The number of benzene rings is 1. The molecule has 0 saturated heterocycles. The molecule has 0 aliphatic heterocycles. The lowest BCUT2D eigenvalue weighted by Crippen LogP contribution is -2.10. The van der Waals surface area contributed by atoms with Crippen molar-refractivity contribution in [2.45, 2.75) is 19.0 Å². The van der Waals surface area contributed by atoms with Gasteiger partial charge < -0.3 is 14.8 Å². The third-order valence-corrected chi connectivity index (χ3v) is 5.16. The number of halogens is 6. The second kappa shape index (κ2) is 9.61. The van der Waals surface area contributed by atoms with E-state index >= 15 is 0 Å². The molecule has 3 heterocycles. The molecule has 0 amide bonds. The molecule has 0 atom stereocenters. The van der Waals surface area contributed by atoms with Gasteiger partial charge in [-0.3, -0.25) is 4.98 Å². The van der Waals surface area contributed by atoms with Gasteiger partial charge in [-0.15, -0.1) is 0 Å². The molecule has 1 aromatic carbocycles. The molecule has 4 aromatic rings. The van der Waals surface area contributed by atoms with Crippen molar-refractivity contribution in [3.05, 3.63) is 71.5 Å². The Kier molecular flexibility index (Phi) is 6.72. The lowest BCUT2D eigenvalue weighted by atomic mass is 10.1. The fourth-order valence-electron chi connectivity index (χ4n) is 3.49. The van der Waals surface area contributed by atoms with Crippen LogP contribution in [0.4, 0.5) is 37.7 Å². The summed E-state index contributed by atoms with van der Waals surface area (Å²) in [6, 6.07) is 9.74. The molecule has 6 nitrogen and oxygen atoms in total. The third kappa shape index (κ3) is 5.33. The average Bonchev–Trinajstić information content (AvgIpc) is 2.83. The van der Waals surface area contributed by atoms with Gasteiger partial charge in [-0.1, -0.05) is 0 Å². The fourth-order valence-corrected chi connectivity index (χ4v) is 3.49. The molecule has 0 radical (unpaired) electrons. The number of alkyl halides is 6. The Morgan fingerprint density at radius 2 is 1.58 bits per heavy atom. The van der Waals surface area contributed by atoms with Crippen molar-refractivity contribution in [1.29, 1.82) is 0 Å². The summed E-state index contributed by atoms with van der Waals surface area (Å²) in [5.41, 5.74) is -0.994. The monoisotopic (exact) mass is 508 g/mol. The highest BCUT2D eigenvalue weighted by atomic mass is 19.4. The quantitative estimate of drug-likeness (QED) is 0.295. The van der Waals surface area contributed by atoms with Crippen LogP contribution in [0.15, 0.2) is 54.7 Å². The van der Waals surface area contributed by atoms with Crippen LogP contribution in [0.1, 0.15) is 16.8 Å². The van der Waals surface area contributed by atoms with E-state index in [1.54, 1.807) is 6.07 Å². The van der Waals surface area contributed by atoms with Crippen molar-refractivity contribution < 1.29 is 35.8 Å².